The van der Waals surface area contributed by atoms with Gasteiger partial charge in [-0.1, -0.05) is 28.1 Å². The number of nitrogens with two attached hydrogens (primary N) is 1. The third-order valence-corrected chi connectivity index (χ3v) is 8.57. The molecule has 0 atom stereocenters. The van der Waals surface area contributed by atoms with Crippen LogP contribution in [0, 0.1) is 10.7 Å². The molecule has 3 nitrogen and oxygen atoms in total. The Morgan fingerprint density at radius 2 is 1.72 bits per heavy atom. The molecule has 2 aromatic rings. The van der Waals surface area contributed by atoms with Gasteiger partial charge in [0.1, 0.15) is 5.60 Å². The first-order valence-electron chi connectivity index (χ1n) is 7.87. The van der Waals surface area contributed by atoms with Gasteiger partial charge in [0.15, 0.2) is 0 Å². The molecule has 0 aromatic heterocycles. The van der Waals surface area contributed by atoms with Gasteiger partial charge >= 0.3 is 5.97 Å². The molecule has 1 aliphatic heterocycles. The number of hydrogen-bond donors (Lipinski definition) is 1. The van der Waals surface area contributed by atoms with Crippen molar-refractivity contribution in [2.75, 3.05) is 13.1 Å². The molecule has 25 heavy (non-hydrogen) atoms. The molecule has 2 N–H and O–H groups in total. The fourth-order valence-corrected chi connectivity index (χ4v) is 5.72. The van der Waals surface area contributed by atoms with Crippen molar-refractivity contribution in [2.24, 2.45) is 0 Å². The number of quaternary nitrogens is 1. The molecule has 0 bridgehead atoms. The molecular formula is C18H16BrI3NO2+. The zero-order valence-electron chi connectivity index (χ0n) is 13.2. The third-order valence-electron chi connectivity index (χ3n) is 4.38. The van der Waals surface area contributed by atoms with E-state index in [1.807, 2.05) is 18.2 Å². The standard InChI is InChI=1S/C18H15BrI3NO2/c19-12-3-1-11(2-4-12)18(5-7-23-8-6-18)25-17(24)14-9-13(20)10-15(21)16(14)22/h1-4,9-10,23H,5-8H2/p+1. The van der Waals surface area contributed by atoms with Gasteiger partial charge in [0, 0.05) is 28.0 Å². The van der Waals surface area contributed by atoms with Gasteiger partial charge in [-0.05, 0) is 97.6 Å². The van der Waals surface area contributed by atoms with E-state index in [2.05, 4.69) is 107 Å². The maximum atomic E-state index is 13.0. The van der Waals surface area contributed by atoms with Crippen LogP contribution in [0.5, 0.6) is 0 Å². The highest BCUT2D eigenvalue weighted by atomic mass is 127. The summed E-state index contributed by atoms with van der Waals surface area (Å²) in [5.74, 6) is -0.231. The normalized spacial score (nSPS) is 16.5. The summed E-state index contributed by atoms with van der Waals surface area (Å²) in [6.45, 7) is 1.93. The Hall–Kier alpha value is 0.540. The summed E-state index contributed by atoms with van der Waals surface area (Å²) in [5, 5.41) is 2.28. The van der Waals surface area contributed by atoms with Gasteiger partial charge in [0.2, 0.25) is 0 Å². The fourth-order valence-electron chi connectivity index (χ4n) is 3.08. The zero-order chi connectivity index (χ0) is 18.0. The Labute approximate surface area is 196 Å². The van der Waals surface area contributed by atoms with E-state index in [9.17, 15) is 4.79 Å². The maximum absolute atomic E-state index is 13.0. The van der Waals surface area contributed by atoms with E-state index in [1.165, 1.54) is 0 Å². The first-order valence-corrected chi connectivity index (χ1v) is 11.9. The van der Waals surface area contributed by atoms with Crippen LogP contribution < -0.4 is 5.32 Å². The molecule has 7 heteroatoms. The average Bonchev–Trinajstić information content (AvgIpc) is 2.59. The Morgan fingerprint density at radius 1 is 1.08 bits per heavy atom. The second kappa shape index (κ2) is 8.70. The molecule has 0 saturated carbocycles. The highest BCUT2D eigenvalue weighted by molar-refractivity contribution is 14.1. The van der Waals surface area contributed by atoms with Gasteiger partial charge < -0.3 is 10.1 Å². The van der Waals surface area contributed by atoms with E-state index in [-0.39, 0.29) is 5.97 Å². The van der Waals surface area contributed by atoms with Gasteiger partial charge in [0.25, 0.3) is 0 Å². The molecule has 1 aliphatic rings. The molecular weight excluding hydrogens is 723 g/mol. The minimum Gasteiger partial charge on any atom is -0.450 e. The monoisotopic (exact) mass is 738 g/mol. The van der Waals surface area contributed by atoms with Crippen molar-refractivity contribution in [2.45, 2.75) is 18.4 Å². The molecule has 1 fully saturated rings. The summed E-state index contributed by atoms with van der Waals surface area (Å²) in [6, 6.07) is 12.1. The number of halogens is 4. The third kappa shape index (κ3) is 4.69. The van der Waals surface area contributed by atoms with Crippen molar-refractivity contribution in [3.63, 3.8) is 0 Å². The summed E-state index contributed by atoms with van der Waals surface area (Å²) in [4.78, 5) is 13.0. The van der Waals surface area contributed by atoms with E-state index in [1.54, 1.807) is 0 Å². The Kier molecular flexibility index (Phi) is 7.06. The number of benzene rings is 2. The van der Waals surface area contributed by atoms with Crippen LogP contribution in [0.3, 0.4) is 0 Å². The van der Waals surface area contributed by atoms with Crippen molar-refractivity contribution in [1.29, 1.82) is 0 Å². The van der Waals surface area contributed by atoms with Crippen molar-refractivity contribution < 1.29 is 14.8 Å². The van der Waals surface area contributed by atoms with Crippen molar-refractivity contribution in [1.82, 2.24) is 0 Å². The number of rotatable bonds is 3. The second-order valence-corrected chi connectivity index (χ2v) is 10.4. The number of hydrogen-bond acceptors (Lipinski definition) is 2. The lowest BCUT2D eigenvalue weighted by atomic mass is 9.84. The SMILES string of the molecule is O=C(OC1(c2ccc(Br)cc2)CC[NH2+]CC1)c1cc(I)cc(I)c1I. The highest BCUT2D eigenvalue weighted by Gasteiger charge is 2.40. The van der Waals surface area contributed by atoms with E-state index in [4.69, 9.17) is 4.74 Å². The quantitative estimate of drug-likeness (QED) is 0.283. The number of piperidine rings is 1. The smallest absolute Gasteiger partial charge is 0.340 e. The predicted octanol–water partition coefficient (Wildman–Crippen LogP) is 4.67. The van der Waals surface area contributed by atoms with Crippen LogP contribution in [0.15, 0.2) is 40.9 Å². The first kappa shape index (κ1) is 20.3. The molecule has 1 saturated heterocycles. The van der Waals surface area contributed by atoms with Crippen LogP contribution >= 0.6 is 83.7 Å². The lowest BCUT2D eigenvalue weighted by Crippen LogP contribution is -2.87. The van der Waals surface area contributed by atoms with Crippen molar-refractivity contribution >= 4 is 89.7 Å². The Balaban J connectivity index is 1.96. The highest BCUT2D eigenvalue weighted by Crippen LogP contribution is 2.36. The number of ether oxygens (including phenoxy) is 1. The predicted molar refractivity (Wildman–Crippen MR) is 127 cm³/mol. The lowest BCUT2D eigenvalue weighted by molar-refractivity contribution is -0.668. The van der Waals surface area contributed by atoms with Crippen LogP contribution in [-0.2, 0) is 10.3 Å². The van der Waals surface area contributed by atoms with E-state index >= 15 is 0 Å². The first-order chi connectivity index (χ1) is 11.9. The summed E-state index contributed by atoms with van der Waals surface area (Å²) in [6.07, 6.45) is 1.66. The second-order valence-electron chi connectivity index (χ2n) is 6.01. The lowest BCUT2D eigenvalue weighted by Gasteiger charge is -2.36. The number of esters is 1. The molecule has 0 unspecified atom stereocenters. The maximum Gasteiger partial charge on any atom is 0.340 e. The van der Waals surface area contributed by atoms with Crippen molar-refractivity contribution in [3.8, 4) is 0 Å². The summed E-state index contributed by atoms with van der Waals surface area (Å²) < 4.78 is 10.3. The van der Waals surface area contributed by atoms with E-state index in [0.717, 1.165) is 46.7 Å². The molecule has 0 spiro atoms. The van der Waals surface area contributed by atoms with Crippen LogP contribution in [0.25, 0.3) is 0 Å². The summed E-state index contributed by atoms with van der Waals surface area (Å²) >= 11 is 10.2. The van der Waals surface area contributed by atoms with Gasteiger partial charge in [-0.3, -0.25) is 0 Å². The van der Waals surface area contributed by atoms with Crippen LogP contribution in [0.2, 0.25) is 0 Å². The van der Waals surface area contributed by atoms with Gasteiger partial charge in [-0.25, -0.2) is 4.79 Å². The number of carbonyl (C=O) groups excluding carboxylic acids is 1. The van der Waals surface area contributed by atoms with Gasteiger partial charge in [-0.15, -0.1) is 0 Å². The summed E-state index contributed by atoms with van der Waals surface area (Å²) in [5.41, 5.74) is 1.19. The number of carbonyl (C=O) groups is 1. The van der Waals surface area contributed by atoms with Crippen LogP contribution in [0.4, 0.5) is 0 Å². The van der Waals surface area contributed by atoms with Gasteiger partial charge in [-0.2, -0.15) is 0 Å². The summed E-state index contributed by atoms with van der Waals surface area (Å²) in [7, 11) is 0. The average molecular weight is 739 g/mol. The molecule has 132 valence electrons. The van der Waals surface area contributed by atoms with E-state index < -0.39 is 5.60 Å². The minimum atomic E-state index is -0.539. The Morgan fingerprint density at radius 3 is 2.36 bits per heavy atom. The zero-order valence-corrected chi connectivity index (χ0v) is 21.3. The molecule has 0 radical (unpaired) electrons. The van der Waals surface area contributed by atoms with Gasteiger partial charge in [0.05, 0.1) is 18.7 Å². The fraction of sp³-hybridized carbons (Fsp3) is 0.278. The van der Waals surface area contributed by atoms with Crippen molar-refractivity contribution in [3.05, 3.63) is 62.7 Å². The topological polar surface area (TPSA) is 42.9 Å². The van der Waals surface area contributed by atoms with E-state index in [0.29, 0.717) is 5.56 Å². The molecule has 0 aliphatic carbocycles. The van der Waals surface area contributed by atoms with Crippen LogP contribution in [-0.4, -0.2) is 19.1 Å². The largest absolute Gasteiger partial charge is 0.450 e. The molecule has 3 rings (SSSR count). The minimum absolute atomic E-state index is 0.231. The van der Waals surface area contributed by atoms with Crippen LogP contribution in [0.1, 0.15) is 28.8 Å². The Bertz CT molecular complexity index is 790. The molecule has 0 amide bonds. The molecule has 1 heterocycles. The molecule has 2 aromatic carbocycles.